The number of carbonyl (C=O) groups excluding carboxylic acids is 1. The molecule has 1 aromatic heterocycles. The molecule has 7 nitrogen and oxygen atoms in total. The average molecular weight is 419 g/mol. The maximum atomic E-state index is 13.2. The van der Waals surface area contributed by atoms with Crippen LogP contribution in [-0.2, 0) is 0 Å². The van der Waals surface area contributed by atoms with Gasteiger partial charge in [0.15, 0.2) is 5.84 Å². The topological polar surface area (TPSA) is 83.2 Å². The largest absolute Gasteiger partial charge is 0.495 e. The van der Waals surface area contributed by atoms with Gasteiger partial charge in [-0.05, 0) is 55.3 Å². The molecule has 158 valence electrons. The van der Waals surface area contributed by atoms with E-state index in [0.717, 1.165) is 22.5 Å². The third-order valence-electron chi connectivity index (χ3n) is 5.20. The van der Waals surface area contributed by atoms with Crippen molar-refractivity contribution >= 4 is 17.9 Å². The molecule has 8 heteroatoms. The van der Waals surface area contributed by atoms with Crippen molar-refractivity contribution in [1.82, 2.24) is 19.8 Å². The minimum Gasteiger partial charge on any atom is -0.495 e. The first-order valence-electron chi connectivity index (χ1n) is 9.72. The number of imidazole rings is 1. The maximum absolute atomic E-state index is 13.2. The van der Waals surface area contributed by atoms with Crippen LogP contribution in [0, 0.1) is 18.2 Å². The first-order chi connectivity index (χ1) is 14.9. The molecule has 3 aromatic rings. The Morgan fingerprint density at radius 2 is 1.97 bits per heavy atom. The van der Waals surface area contributed by atoms with Gasteiger partial charge in [-0.2, -0.15) is 0 Å². The molecule has 0 bridgehead atoms. The van der Waals surface area contributed by atoms with E-state index in [1.807, 2.05) is 35.9 Å². The van der Waals surface area contributed by atoms with E-state index in [-0.39, 0.29) is 11.7 Å². The van der Waals surface area contributed by atoms with Crippen LogP contribution in [0.25, 0.3) is 11.8 Å². The van der Waals surface area contributed by atoms with E-state index in [9.17, 15) is 9.18 Å². The van der Waals surface area contributed by atoms with Crippen molar-refractivity contribution in [3.05, 3.63) is 83.3 Å². The van der Waals surface area contributed by atoms with E-state index < -0.39 is 12.1 Å². The van der Waals surface area contributed by atoms with Crippen LogP contribution in [0.2, 0.25) is 0 Å². The number of aromatic nitrogens is 2. The zero-order valence-electron chi connectivity index (χ0n) is 17.4. The Bertz CT molecular complexity index is 1180. The molecule has 2 N–H and O–H groups in total. The van der Waals surface area contributed by atoms with Gasteiger partial charge in [-0.15, -0.1) is 0 Å². The average Bonchev–Trinajstić information content (AvgIpc) is 3.30. The first kappa shape index (κ1) is 20.3. The van der Waals surface area contributed by atoms with Crippen LogP contribution >= 0.6 is 0 Å². The fourth-order valence-electron chi connectivity index (χ4n) is 3.55. The summed E-state index contributed by atoms with van der Waals surface area (Å²) in [5.74, 6) is 0.343. The third-order valence-corrected chi connectivity index (χ3v) is 5.20. The SMILES string of the molecule is COc1cc(/C=C2/NC(=O)N(C(C)c3ccc(F)cc3)C2=N)ccc1-n1cnc(C)c1. The molecular weight excluding hydrogens is 397 g/mol. The lowest BCUT2D eigenvalue weighted by molar-refractivity contribution is 0.220. The molecule has 0 aliphatic carbocycles. The monoisotopic (exact) mass is 419 g/mol. The highest BCUT2D eigenvalue weighted by Gasteiger charge is 2.34. The molecule has 0 spiro atoms. The number of nitrogens with zero attached hydrogens (tertiary/aromatic N) is 3. The second kappa shape index (κ2) is 8.06. The lowest BCUT2D eigenvalue weighted by atomic mass is 10.1. The number of hydrogen-bond acceptors (Lipinski definition) is 4. The summed E-state index contributed by atoms with van der Waals surface area (Å²) in [5, 5.41) is 11.2. The number of halogens is 1. The van der Waals surface area contributed by atoms with Gasteiger partial charge in [0.05, 0.1) is 36.6 Å². The van der Waals surface area contributed by atoms with Gasteiger partial charge in [0.2, 0.25) is 0 Å². The lowest BCUT2D eigenvalue weighted by Gasteiger charge is -2.22. The number of nitrogens with one attached hydrogen (secondary N) is 2. The summed E-state index contributed by atoms with van der Waals surface area (Å²) in [6, 6.07) is 10.7. The van der Waals surface area contributed by atoms with Crippen molar-refractivity contribution in [3.8, 4) is 11.4 Å². The molecule has 1 aliphatic heterocycles. The number of benzene rings is 2. The predicted octanol–water partition coefficient (Wildman–Crippen LogP) is 4.43. The summed E-state index contributed by atoms with van der Waals surface area (Å²) in [6.07, 6.45) is 5.34. The molecule has 1 unspecified atom stereocenters. The first-order valence-corrected chi connectivity index (χ1v) is 9.72. The van der Waals surface area contributed by atoms with Crippen molar-refractivity contribution in [2.45, 2.75) is 19.9 Å². The lowest BCUT2D eigenvalue weighted by Crippen LogP contribution is -2.33. The van der Waals surface area contributed by atoms with Gasteiger partial charge >= 0.3 is 6.03 Å². The van der Waals surface area contributed by atoms with E-state index in [0.29, 0.717) is 11.4 Å². The van der Waals surface area contributed by atoms with Crippen LogP contribution in [0.5, 0.6) is 5.75 Å². The molecule has 1 fully saturated rings. The molecule has 1 aliphatic rings. The number of rotatable bonds is 5. The van der Waals surface area contributed by atoms with Crippen LogP contribution in [0.4, 0.5) is 9.18 Å². The molecule has 0 radical (unpaired) electrons. The molecule has 1 atom stereocenters. The van der Waals surface area contributed by atoms with Crippen LogP contribution in [-0.4, -0.2) is 33.4 Å². The molecule has 31 heavy (non-hydrogen) atoms. The number of hydrogen-bond donors (Lipinski definition) is 2. The summed E-state index contributed by atoms with van der Waals surface area (Å²) in [4.78, 5) is 18.1. The smallest absolute Gasteiger partial charge is 0.328 e. The highest BCUT2D eigenvalue weighted by Crippen LogP contribution is 2.29. The second-order valence-electron chi connectivity index (χ2n) is 7.29. The summed E-state index contributed by atoms with van der Waals surface area (Å²) >= 11 is 0. The van der Waals surface area contributed by atoms with Crippen molar-refractivity contribution in [2.75, 3.05) is 7.11 Å². The third kappa shape index (κ3) is 3.92. The van der Waals surface area contributed by atoms with E-state index in [2.05, 4.69) is 10.3 Å². The molecule has 2 amide bonds. The van der Waals surface area contributed by atoms with E-state index in [1.54, 1.807) is 38.6 Å². The van der Waals surface area contributed by atoms with E-state index in [4.69, 9.17) is 10.1 Å². The molecular formula is C23H22FN5O2. The Hall–Kier alpha value is -3.94. The van der Waals surface area contributed by atoms with Crippen molar-refractivity contribution in [2.24, 2.45) is 0 Å². The number of methoxy groups -OCH3 is 1. The number of aryl methyl sites for hydroxylation is 1. The predicted molar refractivity (Wildman–Crippen MR) is 116 cm³/mol. The number of amides is 2. The van der Waals surface area contributed by atoms with Gasteiger partial charge in [0.1, 0.15) is 11.6 Å². The Morgan fingerprint density at radius 1 is 1.23 bits per heavy atom. The second-order valence-corrected chi connectivity index (χ2v) is 7.29. The zero-order chi connectivity index (χ0) is 22.1. The normalized spacial score (nSPS) is 16.0. The van der Waals surface area contributed by atoms with Crippen molar-refractivity contribution in [3.63, 3.8) is 0 Å². The summed E-state index contributed by atoms with van der Waals surface area (Å²) in [6.45, 7) is 3.71. The Labute approximate surface area is 179 Å². The zero-order valence-corrected chi connectivity index (χ0v) is 17.4. The van der Waals surface area contributed by atoms with Crippen molar-refractivity contribution in [1.29, 1.82) is 5.41 Å². The van der Waals surface area contributed by atoms with E-state index >= 15 is 0 Å². The fraction of sp³-hybridized carbons (Fsp3) is 0.174. The summed E-state index contributed by atoms with van der Waals surface area (Å²) in [7, 11) is 1.59. The van der Waals surface area contributed by atoms with Gasteiger partial charge in [0.25, 0.3) is 0 Å². The van der Waals surface area contributed by atoms with Gasteiger partial charge in [-0.3, -0.25) is 10.3 Å². The number of carbonyl (C=O) groups is 1. The van der Waals surface area contributed by atoms with E-state index in [1.165, 1.54) is 17.0 Å². The molecule has 0 saturated carbocycles. The van der Waals surface area contributed by atoms with Crippen LogP contribution in [0.1, 0.15) is 29.8 Å². The van der Waals surface area contributed by atoms with Gasteiger partial charge in [-0.25, -0.2) is 14.2 Å². The Balaban J connectivity index is 1.61. The van der Waals surface area contributed by atoms with Gasteiger partial charge in [-0.1, -0.05) is 18.2 Å². The maximum Gasteiger partial charge on any atom is 0.328 e. The highest BCUT2D eigenvalue weighted by molar-refractivity contribution is 6.15. The molecule has 2 aromatic carbocycles. The van der Waals surface area contributed by atoms with Crippen molar-refractivity contribution < 1.29 is 13.9 Å². The molecule has 1 saturated heterocycles. The highest BCUT2D eigenvalue weighted by atomic mass is 19.1. The van der Waals surface area contributed by atoms with Crippen LogP contribution < -0.4 is 10.1 Å². The van der Waals surface area contributed by atoms with Crippen LogP contribution in [0.3, 0.4) is 0 Å². The molecule has 4 rings (SSSR count). The van der Waals surface area contributed by atoms with Crippen LogP contribution in [0.15, 0.2) is 60.7 Å². The number of ether oxygens (including phenoxy) is 1. The number of amidine groups is 1. The summed E-state index contributed by atoms with van der Waals surface area (Å²) < 4.78 is 20.6. The Kier molecular flexibility index (Phi) is 5.29. The van der Waals surface area contributed by atoms with Gasteiger partial charge in [0, 0.05) is 6.20 Å². The standard InChI is InChI=1S/C23H22FN5O2/c1-14-12-28(13-26-14)20-9-4-16(11-21(20)31-3)10-19-22(25)29(23(30)27-19)15(2)17-5-7-18(24)8-6-17/h4-13,15,25H,1-3H3,(H,27,30)/b19-10+,25-22?. The quantitative estimate of drug-likeness (QED) is 0.642. The summed E-state index contributed by atoms with van der Waals surface area (Å²) in [5.41, 5.74) is 3.62. The van der Waals surface area contributed by atoms with Gasteiger partial charge < -0.3 is 14.6 Å². The Morgan fingerprint density at radius 3 is 2.61 bits per heavy atom. The molecule has 2 heterocycles. The minimum absolute atomic E-state index is 0.0510. The minimum atomic E-state index is -0.416. The number of urea groups is 1. The fourth-order valence-corrected chi connectivity index (χ4v) is 3.55.